The fraction of sp³-hybridized carbons (Fsp3) is 0. The molecule has 0 aliphatic rings. The van der Waals surface area contributed by atoms with E-state index in [4.69, 9.17) is 4.98 Å². The topological polar surface area (TPSA) is 17.3 Å². The SMILES string of the molecule is c1ccc(-c2nc3sc(-c4ccccc4)c(-c4ccccc4)n3c2-c2ccccc2)cc1. The number of imidazole rings is 1. The van der Waals surface area contributed by atoms with Crippen LogP contribution in [0.4, 0.5) is 0 Å². The summed E-state index contributed by atoms with van der Waals surface area (Å²) in [6.07, 6.45) is 0. The van der Waals surface area contributed by atoms with Crippen molar-refractivity contribution < 1.29 is 0 Å². The van der Waals surface area contributed by atoms with Crippen molar-refractivity contribution >= 4 is 16.3 Å². The van der Waals surface area contributed by atoms with E-state index in [-0.39, 0.29) is 0 Å². The first-order valence-corrected chi connectivity index (χ1v) is 11.5. The van der Waals surface area contributed by atoms with Crippen molar-refractivity contribution in [3.05, 3.63) is 121 Å². The average Bonchev–Trinajstić information content (AvgIpc) is 3.43. The molecule has 2 aromatic heterocycles. The van der Waals surface area contributed by atoms with Crippen molar-refractivity contribution in [3.63, 3.8) is 0 Å². The molecule has 2 heterocycles. The highest BCUT2D eigenvalue weighted by Gasteiger charge is 2.24. The number of benzene rings is 4. The molecule has 0 saturated carbocycles. The highest BCUT2D eigenvalue weighted by molar-refractivity contribution is 7.21. The molecule has 0 atom stereocenters. The second-order valence-corrected chi connectivity index (χ2v) is 8.65. The van der Waals surface area contributed by atoms with Crippen LogP contribution in [-0.2, 0) is 0 Å². The molecular formula is C29H20N2S. The predicted octanol–water partition coefficient (Wildman–Crippen LogP) is 8.06. The molecule has 0 saturated heterocycles. The Morgan fingerprint density at radius 3 is 1.44 bits per heavy atom. The smallest absolute Gasteiger partial charge is 0.195 e. The molecule has 0 radical (unpaired) electrons. The number of hydrogen-bond acceptors (Lipinski definition) is 2. The average molecular weight is 429 g/mol. The first-order valence-electron chi connectivity index (χ1n) is 10.7. The Bertz CT molecular complexity index is 1370. The number of aromatic nitrogens is 2. The van der Waals surface area contributed by atoms with E-state index in [0.29, 0.717) is 0 Å². The first kappa shape index (κ1) is 18.8. The lowest BCUT2D eigenvalue weighted by Crippen LogP contribution is -1.93. The van der Waals surface area contributed by atoms with Crippen LogP contribution in [0.25, 0.3) is 49.2 Å². The van der Waals surface area contributed by atoms with Gasteiger partial charge in [0.15, 0.2) is 4.96 Å². The monoisotopic (exact) mass is 428 g/mol. The third kappa shape index (κ3) is 3.15. The van der Waals surface area contributed by atoms with Gasteiger partial charge in [-0.25, -0.2) is 4.98 Å². The Hall–Kier alpha value is -3.95. The number of rotatable bonds is 4. The molecule has 0 unspecified atom stereocenters. The lowest BCUT2D eigenvalue weighted by Gasteiger charge is -2.10. The van der Waals surface area contributed by atoms with Gasteiger partial charge in [-0.05, 0) is 5.56 Å². The number of thiazole rings is 1. The first-order chi connectivity index (χ1) is 15.9. The summed E-state index contributed by atoms with van der Waals surface area (Å²) in [7, 11) is 0. The van der Waals surface area contributed by atoms with Gasteiger partial charge in [-0.1, -0.05) is 133 Å². The second kappa shape index (κ2) is 7.95. The van der Waals surface area contributed by atoms with Gasteiger partial charge in [-0.15, -0.1) is 0 Å². The molecule has 0 bridgehead atoms. The van der Waals surface area contributed by atoms with Gasteiger partial charge in [0, 0.05) is 16.7 Å². The Morgan fingerprint density at radius 2 is 0.906 bits per heavy atom. The van der Waals surface area contributed by atoms with Crippen LogP contribution in [0.1, 0.15) is 0 Å². The minimum atomic E-state index is 1.00. The highest BCUT2D eigenvalue weighted by Crippen LogP contribution is 2.44. The summed E-state index contributed by atoms with van der Waals surface area (Å²) in [4.78, 5) is 7.41. The van der Waals surface area contributed by atoms with Crippen LogP contribution >= 0.6 is 11.3 Å². The maximum atomic E-state index is 5.17. The minimum absolute atomic E-state index is 1.00. The fourth-order valence-corrected chi connectivity index (χ4v) is 5.37. The van der Waals surface area contributed by atoms with Gasteiger partial charge in [0.05, 0.1) is 22.0 Å². The summed E-state index contributed by atoms with van der Waals surface area (Å²) in [5.41, 5.74) is 8.01. The minimum Gasteiger partial charge on any atom is -0.282 e. The molecule has 0 N–H and O–H groups in total. The Balaban J connectivity index is 1.75. The molecular weight excluding hydrogens is 408 g/mol. The summed E-state index contributed by atoms with van der Waals surface area (Å²) in [5.74, 6) is 0. The van der Waals surface area contributed by atoms with Crippen molar-refractivity contribution in [1.82, 2.24) is 9.38 Å². The zero-order valence-electron chi connectivity index (χ0n) is 17.3. The lowest BCUT2D eigenvalue weighted by atomic mass is 10.0. The van der Waals surface area contributed by atoms with Crippen LogP contribution in [0.2, 0.25) is 0 Å². The van der Waals surface area contributed by atoms with Gasteiger partial charge in [0.25, 0.3) is 0 Å². The van der Waals surface area contributed by atoms with Gasteiger partial charge >= 0.3 is 0 Å². The lowest BCUT2D eigenvalue weighted by molar-refractivity contribution is 1.24. The number of nitrogens with zero attached hydrogens (tertiary/aromatic N) is 2. The molecule has 0 fully saturated rings. The Morgan fingerprint density at radius 1 is 0.469 bits per heavy atom. The zero-order valence-corrected chi connectivity index (χ0v) is 18.2. The van der Waals surface area contributed by atoms with Crippen LogP contribution in [-0.4, -0.2) is 9.38 Å². The third-order valence-electron chi connectivity index (χ3n) is 5.66. The van der Waals surface area contributed by atoms with E-state index in [1.807, 2.05) is 6.07 Å². The standard InChI is InChI=1S/C29H20N2S/c1-5-13-21(14-6-1)25-26(22-15-7-2-8-16-22)31-27(23-17-9-3-10-18-23)28(32-29(31)30-25)24-19-11-4-12-20-24/h1-20H. The van der Waals surface area contributed by atoms with E-state index in [2.05, 4.69) is 120 Å². The summed E-state index contributed by atoms with van der Waals surface area (Å²) in [5, 5.41) is 0. The van der Waals surface area contributed by atoms with E-state index < -0.39 is 0 Å². The predicted molar refractivity (Wildman–Crippen MR) is 135 cm³/mol. The maximum Gasteiger partial charge on any atom is 0.195 e. The molecule has 6 rings (SSSR count). The molecule has 0 spiro atoms. The molecule has 6 aromatic rings. The van der Waals surface area contributed by atoms with Gasteiger partial charge in [0.2, 0.25) is 0 Å². The van der Waals surface area contributed by atoms with E-state index in [9.17, 15) is 0 Å². The molecule has 0 aliphatic heterocycles. The van der Waals surface area contributed by atoms with Crippen LogP contribution in [0.5, 0.6) is 0 Å². The van der Waals surface area contributed by atoms with Crippen molar-refractivity contribution in [2.45, 2.75) is 0 Å². The summed E-state index contributed by atoms with van der Waals surface area (Å²) in [6.45, 7) is 0. The van der Waals surface area contributed by atoms with Crippen LogP contribution in [0.15, 0.2) is 121 Å². The van der Waals surface area contributed by atoms with Crippen molar-refractivity contribution in [3.8, 4) is 44.2 Å². The Labute approximate surface area is 191 Å². The molecule has 4 aromatic carbocycles. The highest BCUT2D eigenvalue weighted by atomic mass is 32.1. The van der Waals surface area contributed by atoms with Crippen molar-refractivity contribution in [1.29, 1.82) is 0 Å². The summed E-state index contributed by atoms with van der Waals surface area (Å²) < 4.78 is 2.35. The largest absolute Gasteiger partial charge is 0.282 e. The number of hydrogen-bond donors (Lipinski definition) is 0. The van der Waals surface area contributed by atoms with Crippen molar-refractivity contribution in [2.24, 2.45) is 0 Å². The van der Waals surface area contributed by atoms with Gasteiger partial charge in [-0.2, -0.15) is 0 Å². The molecule has 32 heavy (non-hydrogen) atoms. The molecule has 0 aliphatic carbocycles. The van der Waals surface area contributed by atoms with Gasteiger partial charge in [0.1, 0.15) is 0 Å². The Kier molecular flexibility index (Phi) is 4.67. The van der Waals surface area contributed by atoms with E-state index in [1.54, 1.807) is 11.3 Å². The van der Waals surface area contributed by atoms with E-state index >= 15 is 0 Å². The van der Waals surface area contributed by atoms with Crippen LogP contribution in [0.3, 0.4) is 0 Å². The second-order valence-electron chi connectivity index (χ2n) is 7.67. The van der Waals surface area contributed by atoms with E-state index in [0.717, 1.165) is 27.5 Å². The normalized spacial score (nSPS) is 11.1. The maximum absolute atomic E-state index is 5.17. The molecule has 2 nitrogen and oxygen atoms in total. The van der Waals surface area contributed by atoms with Gasteiger partial charge < -0.3 is 0 Å². The number of fused-ring (bicyclic) bond motifs is 1. The zero-order chi connectivity index (χ0) is 21.3. The summed E-state index contributed by atoms with van der Waals surface area (Å²) in [6, 6.07) is 42.3. The quantitative estimate of drug-likeness (QED) is 0.277. The molecule has 3 heteroatoms. The van der Waals surface area contributed by atoms with Gasteiger partial charge in [-0.3, -0.25) is 4.40 Å². The molecule has 152 valence electrons. The molecule has 0 amide bonds. The van der Waals surface area contributed by atoms with Crippen LogP contribution in [0, 0.1) is 0 Å². The van der Waals surface area contributed by atoms with E-state index in [1.165, 1.54) is 21.7 Å². The van der Waals surface area contributed by atoms with Crippen molar-refractivity contribution in [2.75, 3.05) is 0 Å². The van der Waals surface area contributed by atoms with Crippen LogP contribution < -0.4 is 0 Å². The third-order valence-corrected chi connectivity index (χ3v) is 6.75. The summed E-state index contributed by atoms with van der Waals surface area (Å²) >= 11 is 1.75. The fourth-order valence-electron chi connectivity index (χ4n) is 4.22.